The molecular weight excluding hydrogens is 308 g/mol. The monoisotopic (exact) mass is 332 g/mol. The van der Waals surface area contributed by atoms with E-state index in [1.165, 1.54) is 0 Å². The van der Waals surface area contributed by atoms with Crippen molar-refractivity contribution in [3.63, 3.8) is 0 Å². The first-order chi connectivity index (χ1) is 11.5. The molecule has 0 saturated heterocycles. The van der Waals surface area contributed by atoms with Crippen molar-refractivity contribution in [3.05, 3.63) is 18.1 Å². The van der Waals surface area contributed by atoms with E-state index < -0.39 is 12.0 Å². The van der Waals surface area contributed by atoms with Gasteiger partial charge in [0.1, 0.15) is 5.69 Å². The molecule has 1 amide bonds. The molecule has 1 aliphatic rings. The van der Waals surface area contributed by atoms with Crippen LogP contribution in [0.25, 0.3) is 11.5 Å². The predicted octanol–water partition coefficient (Wildman–Crippen LogP) is 1.23. The topological polar surface area (TPSA) is 112 Å². The van der Waals surface area contributed by atoms with Gasteiger partial charge in [-0.15, -0.1) is 0 Å². The van der Waals surface area contributed by atoms with E-state index in [1.54, 1.807) is 10.9 Å². The molecule has 3 N–H and O–H groups in total. The van der Waals surface area contributed by atoms with Crippen LogP contribution in [0.2, 0.25) is 0 Å². The van der Waals surface area contributed by atoms with Gasteiger partial charge in [0.05, 0.1) is 18.6 Å². The highest BCUT2D eigenvalue weighted by Gasteiger charge is 2.30. The van der Waals surface area contributed by atoms with Gasteiger partial charge in [-0.25, -0.2) is 9.67 Å². The quantitative estimate of drug-likeness (QED) is 0.855. The number of aliphatic hydroxyl groups is 1. The van der Waals surface area contributed by atoms with E-state index in [-0.39, 0.29) is 18.5 Å². The summed E-state index contributed by atoms with van der Waals surface area (Å²) in [6.07, 6.45) is 4.88. The molecule has 1 saturated carbocycles. The fourth-order valence-electron chi connectivity index (χ4n) is 3.28. The Morgan fingerprint density at radius 3 is 2.83 bits per heavy atom. The fraction of sp³-hybridized carbons (Fsp3) is 0.625. The number of carbonyl (C=O) groups excluding carboxylic acids is 1. The molecule has 3 rings (SSSR count). The molecule has 2 atom stereocenters. The zero-order valence-electron chi connectivity index (χ0n) is 14.1. The van der Waals surface area contributed by atoms with Crippen molar-refractivity contribution in [1.82, 2.24) is 24.5 Å². The van der Waals surface area contributed by atoms with Crippen LogP contribution in [-0.2, 0) is 11.2 Å². The lowest BCUT2D eigenvalue weighted by Crippen LogP contribution is -2.29. The second kappa shape index (κ2) is 6.72. The summed E-state index contributed by atoms with van der Waals surface area (Å²) in [6.45, 7) is 4.08. The summed E-state index contributed by atoms with van der Waals surface area (Å²) in [5, 5.41) is 19.2. The van der Waals surface area contributed by atoms with Gasteiger partial charge in [-0.1, -0.05) is 12.8 Å². The van der Waals surface area contributed by atoms with E-state index >= 15 is 0 Å². The van der Waals surface area contributed by atoms with Crippen LogP contribution in [0.4, 0.5) is 0 Å². The Bertz CT molecular complexity index is 720. The molecule has 0 bridgehead atoms. The smallest absolute Gasteiger partial charge is 0.225 e. The molecule has 2 heterocycles. The third-order valence-corrected chi connectivity index (χ3v) is 4.40. The number of hydrogen-bond acceptors (Lipinski definition) is 5. The molecule has 1 aliphatic carbocycles. The van der Waals surface area contributed by atoms with Crippen LogP contribution >= 0.6 is 0 Å². The average Bonchev–Trinajstić information content (AvgIpc) is 3.13. The highest BCUT2D eigenvalue weighted by atomic mass is 16.3. The lowest BCUT2D eigenvalue weighted by atomic mass is 9.92. The Kier molecular flexibility index (Phi) is 4.66. The van der Waals surface area contributed by atoms with Gasteiger partial charge in [-0.05, 0) is 32.8 Å². The summed E-state index contributed by atoms with van der Waals surface area (Å²) in [5.74, 6) is 0.537. The van der Waals surface area contributed by atoms with Crippen molar-refractivity contribution >= 4 is 5.91 Å². The van der Waals surface area contributed by atoms with Crippen LogP contribution in [0.3, 0.4) is 0 Å². The molecule has 130 valence electrons. The maximum atomic E-state index is 11.3. The number of nitrogens with zero attached hydrogens (tertiary/aromatic N) is 5. The van der Waals surface area contributed by atoms with Crippen LogP contribution in [0.1, 0.15) is 57.4 Å². The Balaban J connectivity index is 2.07. The van der Waals surface area contributed by atoms with Gasteiger partial charge in [0.2, 0.25) is 5.91 Å². The number of primary amides is 1. The number of aliphatic hydroxyl groups excluding tert-OH is 1. The first kappa shape index (κ1) is 16.6. The van der Waals surface area contributed by atoms with Crippen LogP contribution in [0.15, 0.2) is 12.3 Å². The van der Waals surface area contributed by atoms with Crippen LogP contribution in [0, 0.1) is 0 Å². The molecule has 8 heteroatoms. The molecule has 8 nitrogen and oxygen atoms in total. The van der Waals surface area contributed by atoms with Crippen molar-refractivity contribution in [2.45, 2.75) is 64.1 Å². The highest BCUT2D eigenvalue weighted by Crippen LogP contribution is 2.32. The third kappa shape index (κ3) is 3.19. The van der Waals surface area contributed by atoms with E-state index in [2.05, 4.69) is 15.2 Å². The third-order valence-electron chi connectivity index (χ3n) is 4.40. The molecule has 0 radical (unpaired) electrons. The van der Waals surface area contributed by atoms with Crippen molar-refractivity contribution in [1.29, 1.82) is 0 Å². The maximum Gasteiger partial charge on any atom is 0.225 e. The number of nitrogens with two attached hydrogens (primary N) is 1. The van der Waals surface area contributed by atoms with E-state index in [0.29, 0.717) is 11.6 Å². The fourth-order valence-corrected chi connectivity index (χ4v) is 3.28. The van der Waals surface area contributed by atoms with Gasteiger partial charge >= 0.3 is 0 Å². The van der Waals surface area contributed by atoms with E-state index in [9.17, 15) is 9.90 Å². The van der Waals surface area contributed by atoms with Gasteiger partial charge in [-0.2, -0.15) is 10.2 Å². The summed E-state index contributed by atoms with van der Waals surface area (Å²) in [6, 6.07) is 1.90. The zero-order chi connectivity index (χ0) is 17.3. The average molecular weight is 332 g/mol. The highest BCUT2D eigenvalue weighted by molar-refractivity contribution is 5.75. The Morgan fingerprint density at radius 1 is 1.42 bits per heavy atom. The molecule has 2 aromatic heterocycles. The van der Waals surface area contributed by atoms with Crippen molar-refractivity contribution < 1.29 is 9.90 Å². The van der Waals surface area contributed by atoms with Gasteiger partial charge in [-0.3, -0.25) is 9.48 Å². The first-order valence-electron chi connectivity index (χ1n) is 8.43. The lowest BCUT2D eigenvalue weighted by Gasteiger charge is -2.28. The van der Waals surface area contributed by atoms with E-state index in [0.717, 1.165) is 31.4 Å². The largest absolute Gasteiger partial charge is 0.391 e. The van der Waals surface area contributed by atoms with Crippen molar-refractivity contribution in [2.24, 2.45) is 5.73 Å². The molecule has 0 aliphatic heterocycles. The summed E-state index contributed by atoms with van der Waals surface area (Å²) in [4.78, 5) is 15.8. The number of amides is 1. The van der Waals surface area contributed by atoms with Crippen molar-refractivity contribution in [3.8, 4) is 11.5 Å². The minimum Gasteiger partial charge on any atom is -0.391 e. The Labute approximate surface area is 140 Å². The number of carbonyl (C=O) groups is 1. The van der Waals surface area contributed by atoms with Crippen LogP contribution < -0.4 is 5.73 Å². The number of hydrogen-bond donors (Lipinski definition) is 2. The molecule has 0 aromatic carbocycles. The molecule has 2 aromatic rings. The van der Waals surface area contributed by atoms with E-state index in [1.807, 2.05) is 24.6 Å². The normalized spacial score (nSPS) is 21.3. The Morgan fingerprint density at radius 2 is 2.17 bits per heavy atom. The Hall–Kier alpha value is -2.22. The predicted molar refractivity (Wildman–Crippen MR) is 88.0 cm³/mol. The molecule has 0 spiro atoms. The first-order valence-corrected chi connectivity index (χ1v) is 8.43. The van der Waals surface area contributed by atoms with Gasteiger partial charge in [0.25, 0.3) is 0 Å². The zero-order valence-corrected chi connectivity index (χ0v) is 14.1. The van der Waals surface area contributed by atoms with E-state index in [4.69, 9.17) is 5.73 Å². The van der Waals surface area contributed by atoms with Crippen LogP contribution in [-0.4, -0.2) is 41.7 Å². The molecule has 24 heavy (non-hydrogen) atoms. The summed E-state index contributed by atoms with van der Waals surface area (Å²) < 4.78 is 3.63. The molecule has 0 unspecified atom stereocenters. The summed E-state index contributed by atoms with van der Waals surface area (Å²) in [5.41, 5.74) is 6.12. The lowest BCUT2D eigenvalue weighted by molar-refractivity contribution is -0.117. The number of rotatable bonds is 5. The van der Waals surface area contributed by atoms with Gasteiger partial charge < -0.3 is 10.8 Å². The second-order valence-corrected chi connectivity index (χ2v) is 6.61. The second-order valence-electron chi connectivity index (χ2n) is 6.61. The summed E-state index contributed by atoms with van der Waals surface area (Å²) >= 11 is 0. The van der Waals surface area contributed by atoms with Crippen LogP contribution in [0.5, 0.6) is 0 Å². The molecular formula is C16H24N6O2. The van der Waals surface area contributed by atoms with Crippen molar-refractivity contribution in [2.75, 3.05) is 0 Å². The standard InChI is InChI=1S/C16H24N6O2/c1-10(2)21-12(7-8-18-21)16-19-15(9-14(17)24)20-22(16)11-5-3-4-6-13(11)23/h7-8,10-11,13,23H,3-6,9H2,1-2H3,(H2,17,24)/t11-,13-/m1/s1. The van der Waals surface area contributed by atoms with Gasteiger partial charge in [0, 0.05) is 12.2 Å². The number of aromatic nitrogens is 5. The minimum absolute atomic E-state index is 0.0152. The molecule has 1 fully saturated rings. The van der Waals surface area contributed by atoms with Gasteiger partial charge in [0.15, 0.2) is 11.6 Å². The minimum atomic E-state index is -0.472. The maximum absolute atomic E-state index is 11.3. The SMILES string of the molecule is CC(C)n1nccc1-c1nc(CC(N)=O)nn1[C@@H]1CCCC[C@H]1O. The summed E-state index contributed by atoms with van der Waals surface area (Å²) in [7, 11) is 0.